The van der Waals surface area contributed by atoms with Gasteiger partial charge in [-0.2, -0.15) is 0 Å². The third kappa shape index (κ3) is 4.25. The maximum Gasteiger partial charge on any atom is 0.321 e. The van der Waals surface area contributed by atoms with Crippen molar-refractivity contribution < 1.29 is 9.18 Å². The summed E-state index contributed by atoms with van der Waals surface area (Å²) >= 11 is 0. The van der Waals surface area contributed by atoms with Crippen LogP contribution in [0.3, 0.4) is 0 Å². The molecule has 30 heavy (non-hydrogen) atoms. The zero-order valence-electron chi connectivity index (χ0n) is 17.1. The number of carbonyl (C=O) groups excluding carboxylic acids is 1. The first-order chi connectivity index (χ1) is 14.5. The number of carbonyl (C=O) groups is 1. The lowest BCUT2D eigenvalue weighted by Crippen LogP contribution is -2.50. The van der Waals surface area contributed by atoms with Crippen LogP contribution in [0.5, 0.6) is 0 Å². The third-order valence-electron chi connectivity index (χ3n) is 5.39. The third-order valence-corrected chi connectivity index (χ3v) is 5.39. The molecule has 0 bridgehead atoms. The summed E-state index contributed by atoms with van der Waals surface area (Å²) in [7, 11) is 0. The van der Waals surface area contributed by atoms with Gasteiger partial charge in [-0.25, -0.2) is 9.18 Å². The molecule has 6 nitrogen and oxygen atoms in total. The molecule has 0 unspecified atom stereocenters. The number of piperazine rings is 1. The standard InChI is InChI=1S/C23H24FN5O/c1-16-5-3-4-6-19(16)21-9-10-22(27-26-21)28-11-13-29(14-12-28)23(30)25-18-8-7-17(2)20(24)15-18/h3-10,15H,11-14H2,1-2H3,(H,25,30). The Morgan fingerprint density at radius 1 is 0.933 bits per heavy atom. The van der Waals surface area contributed by atoms with Gasteiger partial charge in [0, 0.05) is 37.4 Å². The van der Waals surface area contributed by atoms with Crippen molar-refractivity contribution in [3.8, 4) is 11.3 Å². The zero-order chi connectivity index (χ0) is 21.1. The highest BCUT2D eigenvalue weighted by Gasteiger charge is 2.22. The van der Waals surface area contributed by atoms with Gasteiger partial charge in [0.1, 0.15) is 5.82 Å². The van der Waals surface area contributed by atoms with E-state index < -0.39 is 0 Å². The molecule has 2 aromatic carbocycles. The summed E-state index contributed by atoms with van der Waals surface area (Å²) in [5.74, 6) is 0.471. The molecule has 3 aromatic rings. The number of hydrogen-bond donors (Lipinski definition) is 1. The minimum atomic E-state index is -0.328. The molecule has 0 spiro atoms. The molecule has 1 aliphatic rings. The molecule has 1 saturated heterocycles. The van der Waals surface area contributed by atoms with Crippen molar-refractivity contribution in [2.45, 2.75) is 13.8 Å². The van der Waals surface area contributed by atoms with Crippen LogP contribution in [0.15, 0.2) is 54.6 Å². The van der Waals surface area contributed by atoms with Gasteiger partial charge in [0.05, 0.1) is 5.69 Å². The Labute approximate surface area is 175 Å². The predicted octanol–water partition coefficient (Wildman–Crippen LogP) is 4.25. The molecule has 1 N–H and O–H groups in total. The molecule has 0 radical (unpaired) electrons. The fourth-order valence-electron chi connectivity index (χ4n) is 3.51. The van der Waals surface area contributed by atoms with Crippen molar-refractivity contribution in [3.63, 3.8) is 0 Å². The number of hydrogen-bond acceptors (Lipinski definition) is 4. The van der Waals surface area contributed by atoms with Crippen LogP contribution in [0.1, 0.15) is 11.1 Å². The molecule has 1 aromatic heterocycles. The van der Waals surface area contributed by atoms with Crippen molar-refractivity contribution in [1.82, 2.24) is 15.1 Å². The summed E-state index contributed by atoms with van der Waals surface area (Å²) in [6, 6.07) is 16.5. The summed E-state index contributed by atoms with van der Waals surface area (Å²) in [6.45, 7) is 6.18. The van der Waals surface area contributed by atoms with E-state index in [1.54, 1.807) is 24.0 Å². The van der Waals surface area contributed by atoms with E-state index in [1.165, 1.54) is 6.07 Å². The number of urea groups is 1. The number of nitrogens with one attached hydrogen (secondary N) is 1. The maximum atomic E-state index is 13.7. The number of amides is 2. The highest BCUT2D eigenvalue weighted by atomic mass is 19.1. The van der Waals surface area contributed by atoms with Crippen LogP contribution < -0.4 is 10.2 Å². The van der Waals surface area contributed by atoms with Gasteiger partial charge >= 0.3 is 6.03 Å². The van der Waals surface area contributed by atoms with Gasteiger partial charge in [0.25, 0.3) is 0 Å². The van der Waals surface area contributed by atoms with Gasteiger partial charge in [-0.1, -0.05) is 30.3 Å². The van der Waals surface area contributed by atoms with Crippen LogP contribution in [0.4, 0.5) is 20.7 Å². The molecule has 2 amide bonds. The van der Waals surface area contributed by atoms with Gasteiger partial charge in [-0.05, 0) is 49.2 Å². The summed E-state index contributed by atoms with van der Waals surface area (Å²) in [6.07, 6.45) is 0. The lowest BCUT2D eigenvalue weighted by molar-refractivity contribution is 0.208. The van der Waals surface area contributed by atoms with E-state index in [0.29, 0.717) is 37.4 Å². The molecular formula is C23H24FN5O. The van der Waals surface area contributed by atoms with Crippen molar-refractivity contribution in [3.05, 3.63) is 71.5 Å². The first kappa shape index (κ1) is 19.8. The summed E-state index contributed by atoms with van der Waals surface area (Å²) in [5.41, 5.74) is 4.10. The Balaban J connectivity index is 1.35. The Morgan fingerprint density at radius 3 is 2.37 bits per heavy atom. The minimum Gasteiger partial charge on any atom is -0.352 e. The van der Waals surface area contributed by atoms with Gasteiger partial charge in [0.15, 0.2) is 5.82 Å². The minimum absolute atomic E-state index is 0.223. The second-order valence-electron chi connectivity index (χ2n) is 7.46. The summed E-state index contributed by atoms with van der Waals surface area (Å²) in [5, 5.41) is 11.5. The molecule has 7 heteroatoms. The highest BCUT2D eigenvalue weighted by Crippen LogP contribution is 2.22. The Morgan fingerprint density at radius 2 is 1.70 bits per heavy atom. The number of aryl methyl sites for hydroxylation is 2. The Kier molecular flexibility index (Phi) is 5.61. The first-order valence-electron chi connectivity index (χ1n) is 9.98. The van der Waals surface area contributed by atoms with Gasteiger partial charge in [-0.15, -0.1) is 10.2 Å². The van der Waals surface area contributed by atoms with Gasteiger partial charge < -0.3 is 15.1 Å². The summed E-state index contributed by atoms with van der Waals surface area (Å²) in [4.78, 5) is 16.3. The van der Waals surface area contributed by atoms with Gasteiger partial charge in [0.2, 0.25) is 0 Å². The van der Waals surface area contributed by atoms with E-state index in [0.717, 1.165) is 22.6 Å². The normalized spacial score (nSPS) is 14.0. The highest BCUT2D eigenvalue weighted by molar-refractivity contribution is 5.89. The average Bonchev–Trinajstić information content (AvgIpc) is 2.77. The van der Waals surface area contributed by atoms with Crippen LogP contribution in [0, 0.1) is 19.7 Å². The predicted molar refractivity (Wildman–Crippen MR) is 116 cm³/mol. The van der Waals surface area contributed by atoms with Crippen molar-refractivity contribution in [1.29, 1.82) is 0 Å². The van der Waals surface area contributed by atoms with Crippen LogP contribution in [-0.2, 0) is 0 Å². The van der Waals surface area contributed by atoms with Crippen LogP contribution >= 0.6 is 0 Å². The molecule has 0 atom stereocenters. The Hall–Kier alpha value is -3.48. The topological polar surface area (TPSA) is 61.4 Å². The number of nitrogens with zero attached hydrogens (tertiary/aromatic N) is 4. The largest absolute Gasteiger partial charge is 0.352 e. The number of aromatic nitrogens is 2. The van der Waals surface area contributed by atoms with E-state index in [9.17, 15) is 9.18 Å². The van der Waals surface area contributed by atoms with Crippen LogP contribution in [-0.4, -0.2) is 47.3 Å². The molecular weight excluding hydrogens is 381 g/mol. The second-order valence-corrected chi connectivity index (χ2v) is 7.46. The smallest absolute Gasteiger partial charge is 0.321 e. The number of halogens is 1. The van der Waals surface area contributed by atoms with E-state index in [4.69, 9.17) is 0 Å². The van der Waals surface area contributed by atoms with Crippen LogP contribution in [0.25, 0.3) is 11.3 Å². The van der Waals surface area contributed by atoms with E-state index in [1.807, 2.05) is 30.3 Å². The van der Waals surface area contributed by atoms with E-state index >= 15 is 0 Å². The number of benzene rings is 2. The van der Waals surface area contributed by atoms with Crippen molar-refractivity contribution in [2.75, 3.05) is 36.4 Å². The summed E-state index contributed by atoms with van der Waals surface area (Å²) < 4.78 is 13.7. The average molecular weight is 405 g/mol. The van der Waals surface area contributed by atoms with E-state index in [2.05, 4.69) is 33.4 Å². The molecule has 0 aliphatic carbocycles. The molecule has 1 aliphatic heterocycles. The van der Waals surface area contributed by atoms with Crippen LogP contribution in [0.2, 0.25) is 0 Å². The monoisotopic (exact) mass is 405 g/mol. The van der Waals surface area contributed by atoms with E-state index in [-0.39, 0.29) is 11.8 Å². The molecule has 0 saturated carbocycles. The molecule has 2 heterocycles. The number of rotatable bonds is 3. The number of anilines is 2. The fraction of sp³-hybridized carbons (Fsp3) is 0.261. The lowest BCUT2D eigenvalue weighted by Gasteiger charge is -2.35. The maximum absolute atomic E-state index is 13.7. The first-order valence-corrected chi connectivity index (χ1v) is 9.98. The molecule has 154 valence electrons. The van der Waals surface area contributed by atoms with Crippen molar-refractivity contribution in [2.24, 2.45) is 0 Å². The SMILES string of the molecule is Cc1ccc(NC(=O)N2CCN(c3ccc(-c4ccccc4C)nn3)CC2)cc1F. The lowest BCUT2D eigenvalue weighted by atomic mass is 10.1. The quantitative estimate of drug-likeness (QED) is 0.708. The molecule has 1 fully saturated rings. The zero-order valence-corrected chi connectivity index (χ0v) is 17.1. The molecule has 4 rings (SSSR count). The Bertz CT molecular complexity index is 1050. The second kappa shape index (κ2) is 8.49. The fourth-order valence-corrected chi connectivity index (χ4v) is 3.51. The van der Waals surface area contributed by atoms with Crippen molar-refractivity contribution >= 4 is 17.5 Å². The van der Waals surface area contributed by atoms with Gasteiger partial charge in [-0.3, -0.25) is 0 Å².